The summed E-state index contributed by atoms with van der Waals surface area (Å²) >= 11 is 0. The van der Waals surface area contributed by atoms with E-state index in [1.165, 1.54) is 85.4 Å². The van der Waals surface area contributed by atoms with E-state index < -0.39 is 0 Å². The Bertz CT molecular complexity index is 146. The molecule has 0 spiro atoms. The monoisotopic (exact) mass is 256 g/mol. The third-order valence-electron chi connectivity index (χ3n) is 4.07. The minimum absolute atomic E-state index is 1.11. The molecule has 0 bridgehead atoms. The summed E-state index contributed by atoms with van der Waals surface area (Å²) in [4.78, 5) is 0. The molecule has 0 saturated heterocycles. The zero-order chi connectivity index (χ0) is 12.2. The van der Waals surface area contributed by atoms with Gasteiger partial charge < -0.3 is 0 Å². The SMILES string of the molecule is CCCCCCCPC1CCCCCCCC1. The molecule has 1 unspecified atom stereocenters. The quantitative estimate of drug-likeness (QED) is 0.379. The second-order valence-corrected chi connectivity index (χ2v) is 7.49. The Hall–Kier alpha value is 0.430. The lowest BCUT2D eigenvalue weighted by Gasteiger charge is -2.15. The van der Waals surface area contributed by atoms with Gasteiger partial charge >= 0.3 is 0 Å². The van der Waals surface area contributed by atoms with Crippen molar-refractivity contribution >= 4 is 8.58 Å². The van der Waals surface area contributed by atoms with Crippen LogP contribution in [0.1, 0.15) is 90.4 Å². The van der Waals surface area contributed by atoms with Gasteiger partial charge in [-0.1, -0.05) is 71.1 Å². The van der Waals surface area contributed by atoms with E-state index in [2.05, 4.69) is 6.92 Å². The summed E-state index contributed by atoms with van der Waals surface area (Å²) in [7, 11) is 1.28. The highest BCUT2D eigenvalue weighted by Crippen LogP contribution is 2.31. The van der Waals surface area contributed by atoms with Crippen molar-refractivity contribution in [1.82, 2.24) is 0 Å². The van der Waals surface area contributed by atoms with E-state index in [0.717, 1.165) is 5.66 Å². The maximum Gasteiger partial charge on any atom is -0.0237 e. The molecular weight excluding hydrogens is 223 g/mol. The van der Waals surface area contributed by atoms with Crippen LogP contribution in [0.5, 0.6) is 0 Å². The van der Waals surface area contributed by atoms with Crippen molar-refractivity contribution in [2.75, 3.05) is 6.16 Å². The molecule has 0 radical (unpaired) electrons. The molecule has 0 heterocycles. The normalized spacial score (nSPS) is 20.3. The Morgan fingerprint density at radius 2 is 1.35 bits per heavy atom. The van der Waals surface area contributed by atoms with Crippen molar-refractivity contribution in [1.29, 1.82) is 0 Å². The molecule has 17 heavy (non-hydrogen) atoms. The van der Waals surface area contributed by atoms with Gasteiger partial charge in [0, 0.05) is 0 Å². The van der Waals surface area contributed by atoms with Gasteiger partial charge in [-0.25, -0.2) is 0 Å². The van der Waals surface area contributed by atoms with Crippen molar-refractivity contribution in [3.8, 4) is 0 Å². The molecule has 1 rings (SSSR count). The molecule has 1 heteroatoms. The summed E-state index contributed by atoms with van der Waals surface area (Å²) in [5.41, 5.74) is 1.11. The van der Waals surface area contributed by atoms with Crippen molar-refractivity contribution in [2.45, 2.75) is 96.1 Å². The topological polar surface area (TPSA) is 0 Å². The lowest BCUT2D eigenvalue weighted by atomic mass is 10.1. The maximum atomic E-state index is 2.30. The van der Waals surface area contributed by atoms with Gasteiger partial charge in [0.25, 0.3) is 0 Å². The average molecular weight is 256 g/mol. The van der Waals surface area contributed by atoms with E-state index in [1.807, 2.05) is 0 Å². The van der Waals surface area contributed by atoms with Gasteiger partial charge in [-0.05, 0) is 31.1 Å². The first-order valence-electron chi connectivity index (χ1n) is 8.17. The fraction of sp³-hybridized carbons (Fsp3) is 1.00. The van der Waals surface area contributed by atoms with Crippen LogP contribution in [0.4, 0.5) is 0 Å². The molecule has 1 aliphatic carbocycles. The Morgan fingerprint density at radius 1 is 0.765 bits per heavy atom. The van der Waals surface area contributed by atoms with Crippen molar-refractivity contribution in [3.05, 3.63) is 0 Å². The molecular formula is C16H33P. The zero-order valence-electron chi connectivity index (χ0n) is 12.0. The van der Waals surface area contributed by atoms with Crippen LogP contribution in [-0.4, -0.2) is 11.8 Å². The predicted molar refractivity (Wildman–Crippen MR) is 82.7 cm³/mol. The van der Waals surface area contributed by atoms with Gasteiger partial charge in [0.15, 0.2) is 0 Å². The van der Waals surface area contributed by atoms with E-state index in [0.29, 0.717) is 0 Å². The lowest BCUT2D eigenvalue weighted by molar-refractivity contribution is 0.624. The summed E-state index contributed by atoms with van der Waals surface area (Å²) < 4.78 is 0. The molecule has 0 aliphatic heterocycles. The standard InChI is InChI=1S/C16H33P/c1-2-3-4-9-12-15-17-16-13-10-7-5-6-8-11-14-16/h16-17H,2-15H2,1H3. The Kier molecular flexibility index (Phi) is 10.5. The molecule has 1 fully saturated rings. The van der Waals surface area contributed by atoms with Crippen LogP contribution < -0.4 is 0 Å². The van der Waals surface area contributed by atoms with Gasteiger partial charge in [0.05, 0.1) is 0 Å². The molecule has 0 aromatic heterocycles. The number of unbranched alkanes of at least 4 members (excludes halogenated alkanes) is 4. The van der Waals surface area contributed by atoms with Crippen LogP contribution in [0.25, 0.3) is 0 Å². The van der Waals surface area contributed by atoms with Crippen LogP contribution in [0, 0.1) is 0 Å². The summed E-state index contributed by atoms with van der Waals surface area (Å²) in [6, 6.07) is 0. The van der Waals surface area contributed by atoms with Crippen LogP contribution in [0.15, 0.2) is 0 Å². The molecule has 0 N–H and O–H groups in total. The molecule has 1 aliphatic rings. The highest BCUT2D eigenvalue weighted by Gasteiger charge is 2.09. The fourth-order valence-corrected chi connectivity index (χ4v) is 4.55. The van der Waals surface area contributed by atoms with Gasteiger partial charge in [-0.2, -0.15) is 0 Å². The highest BCUT2D eigenvalue weighted by atomic mass is 31.1. The molecule has 1 saturated carbocycles. The van der Waals surface area contributed by atoms with Gasteiger partial charge in [0.2, 0.25) is 0 Å². The second-order valence-electron chi connectivity index (χ2n) is 5.76. The minimum atomic E-state index is 1.11. The average Bonchev–Trinajstić information content (AvgIpc) is 2.47. The summed E-state index contributed by atoms with van der Waals surface area (Å²) in [5, 5.41) is 0. The second kappa shape index (κ2) is 11.5. The Morgan fingerprint density at radius 3 is 2.00 bits per heavy atom. The maximum absolute atomic E-state index is 2.30. The molecule has 0 amide bonds. The highest BCUT2D eigenvalue weighted by molar-refractivity contribution is 7.38. The van der Waals surface area contributed by atoms with E-state index in [4.69, 9.17) is 0 Å². The molecule has 102 valence electrons. The zero-order valence-corrected chi connectivity index (χ0v) is 13.0. The van der Waals surface area contributed by atoms with Gasteiger partial charge in [0.1, 0.15) is 0 Å². The lowest BCUT2D eigenvalue weighted by Crippen LogP contribution is -2.01. The van der Waals surface area contributed by atoms with Crippen LogP contribution in [-0.2, 0) is 0 Å². The number of rotatable bonds is 7. The van der Waals surface area contributed by atoms with Crippen molar-refractivity contribution in [2.24, 2.45) is 0 Å². The third-order valence-corrected chi connectivity index (χ3v) is 5.87. The smallest absolute Gasteiger partial charge is 0.0237 e. The first-order valence-corrected chi connectivity index (χ1v) is 9.45. The molecule has 0 nitrogen and oxygen atoms in total. The van der Waals surface area contributed by atoms with Crippen molar-refractivity contribution < 1.29 is 0 Å². The van der Waals surface area contributed by atoms with E-state index in [9.17, 15) is 0 Å². The summed E-state index contributed by atoms with van der Waals surface area (Å²) in [5.74, 6) is 0. The third kappa shape index (κ3) is 9.06. The molecule has 1 atom stereocenters. The largest absolute Gasteiger partial charge is 0.119 e. The number of hydrogen-bond donors (Lipinski definition) is 0. The van der Waals surface area contributed by atoms with Crippen LogP contribution in [0.3, 0.4) is 0 Å². The summed E-state index contributed by atoms with van der Waals surface area (Å²) in [6.07, 6.45) is 21.0. The van der Waals surface area contributed by atoms with Crippen LogP contribution in [0.2, 0.25) is 0 Å². The fourth-order valence-electron chi connectivity index (χ4n) is 2.87. The van der Waals surface area contributed by atoms with Crippen LogP contribution >= 0.6 is 8.58 Å². The van der Waals surface area contributed by atoms with E-state index in [-0.39, 0.29) is 0 Å². The Labute approximate surface area is 111 Å². The first-order chi connectivity index (χ1) is 8.43. The van der Waals surface area contributed by atoms with Crippen molar-refractivity contribution in [3.63, 3.8) is 0 Å². The minimum Gasteiger partial charge on any atom is -0.119 e. The number of hydrogen-bond acceptors (Lipinski definition) is 0. The Balaban J connectivity index is 1.99. The van der Waals surface area contributed by atoms with E-state index >= 15 is 0 Å². The first kappa shape index (κ1) is 15.5. The summed E-state index contributed by atoms with van der Waals surface area (Å²) in [6.45, 7) is 2.30. The van der Waals surface area contributed by atoms with Gasteiger partial charge in [-0.15, -0.1) is 8.58 Å². The molecule has 0 aromatic carbocycles. The molecule has 0 aromatic rings. The van der Waals surface area contributed by atoms with Gasteiger partial charge in [-0.3, -0.25) is 0 Å². The van der Waals surface area contributed by atoms with E-state index in [1.54, 1.807) is 12.8 Å². The predicted octanol–water partition coefficient (Wildman–Crippen LogP) is 6.14.